The second kappa shape index (κ2) is 12.2. The number of benzene rings is 3. The molecule has 0 amide bonds. The van der Waals surface area contributed by atoms with Crippen LogP contribution in [0.2, 0.25) is 0 Å². The third kappa shape index (κ3) is 6.14. The van der Waals surface area contributed by atoms with Crippen LogP contribution in [0, 0.1) is 0 Å². The number of hydrogen-bond donors (Lipinski definition) is 0. The summed E-state index contributed by atoms with van der Waals surface area (Å²) >= 11 is 0. The zero-order chi connectivity index (χ0) is 22.6. The van der Waals surface area contributed by atoms with Gasteiger partial charge in [-0.05, 0) is 50.2 Å². The first-order valence-corrected chi connectivity index (χ1v) is 10.9. The van der Waals surface area contributed by atoms with Gasteiger partial charge in [0.2, 0.25) is 0 Å². The first kappa shape index (κ1) is 22.9. The van der Waals surface area contributed by atoms with Gasteiger partial charge in [0.15, 0.2) is 0 Å². The smallest absolute Gasteiger partial charge is 0.130 e. The van der Waals surface area contributed by atoms with Gasteiger partial charge >= 0.3 is 0 Å². The van der Waals surface area contributed by atoms with Gasteiger partial charge in [0.1, 0.15) is 19.0 Å². The Morgan fingerprint density at radius 2 is 1.44 bits per heavy atom. The number of rotatable bonds is 12. The highest BCUT2D eigenvalue weighted by molar-refractivity contribution is 5.86. The zero-order valence-corrected chi connectivity index (χ0v) is 18.9. The van der Waals surface area contributed by atoms with E-state index >= 15 is 0 Å². The predicted octanol–water partition coefficient (Wildman–Crippen LogP) is 6.24. The van der Waals surface area contributed by atoms with Gasteiger partial charge in [-0.15, -0.1) is 0 Å². The summed E-state index contributed by atoms with van der Waals surface area (Å²) < 4.78 is 11.3. The first-order valence-electron chi connectivity index (χ1n) is 10.9. The molecule has 0 radical (unpaired) electrons. The second-order valence-electron chi connectivity index (χ2n) is 7.01. The standard InChI is InChI=1S/C27H31N3O2/c1-4-29(5-2)26-18-17-23(27(21-26)32-20-19-31-6-3)22-28-30(24-13-9-7-10-14-24)25-15-11-8-12-16-25/h6-18,21-22H,3-5,19-20H2,1-2H3. The maximum atomic E-state index is 6.05. The van der Waals surface area contributed by atoms with Crippen molar-refractivity contribution >= 4 is 23.3 Å². The molecule has 0 saturated heterocycles. The Morgan fingerprint density at radius 3 is 2.00 bits per heavy atom. The van der Waals surface area contributed by atoms with Crippen LogP contribution in [0.5, 0.6) is 5.75 Å². The number of anilines is 3. The third-order valence-electron chi connectivity index (χ3n) is 5.02. The molecule has 5 heteroatoms. The highest BCUT2D eigenvalue weighted by Gasteiger charge is 2.10. The molecule has 0 aromatic heterocycles. The molecular weight excluding hydrogens is 398 g/mol. The molecule has 0 saturated carbocycles. The maximum absolute atomic E-state index is 6.05. The minimum atomic E-state index is 0.426. The molecule has 0 aliphatic rings. The number of nitrogens with zero attached hydrogens (tertiary/aromatic N) is 3. The van der Waals surface area contributed by atoms with Gasteiger partial charge in [-0.1, -0.05) is 43.0 Å². The van der Waals surface area contributed by atoms with Gasteiger partial charge in [-0.25, -0.2) is 5.01 Å². The Balaban J connectivity index is 1.93. The first-order chi connectivity index (χ1) is 15.8. The number of hydrogen-bond acceptors (Lipinski definition) is 5. The largest absolute Gasteiger partial charge is 0.498 e. The van der Waals surface area contributed by atoms with Gasteiger partial charge in [-0.2, -0.15) is 5.10 Å². The molecule has 3 rings (SSSR count). The summed E-state index contributed by atoms with van der Waals surface area (Å²) in [4.78, 5) is 2.29. The average molecular weight is 430 g/mol. The Hall–Kier alpha value is -3.73. The zero-order valence-electron chi connectivity index (χ0n) is 18.9. The Kier molecular flexibility index (Phi) is 8.75. The Labute approximate surface area is 191 Å². The van der Waals surface area contributed by atoms with Crippen LogP contribution in [-0.2, 0) is 4.74 Å². The lowest BCUT2D eigenvalue weighted by atomic mass is 10.1. The lowest BCUT2D eigenvalue weighted by Crippen LogP contribution is -2.22. The van der Waals surface area contributed by atoms with Gasteiger partial charge < -0.3 is 14.4 Å². The minimum Gasteiger partial charge on any atom is -0.498 e. The van der Waals surface area contributed by atoms with Crippen LogP contribution in [0.3, 0.4) is 0 Å². The van der Waals surface area contributed by atoms with Crippen LogP contribution < -0.4 is 14.6 Å². The van der Waals surface area contributed by atoms with E-state index in [1.807, 2.05) is 71.9 Å². The van der Waals surface area contributed by atoms with Crippen molar-refractivity contribution < 1.29 is 9.47 Å². The number of para-hydroxylation sites is 2. The topological polar surface area (TPSA) is 37.3 Å². The molecule has 0 aliphatic heterocycles. The lowest BCUT2D eigenvalue weighted by molar-refractivity contribution is 0.179. The summed E-state index contributed by atoms with van der Waals surface area (Å²) in [6.45, 7) is 10.6. The quantitative estimate of drug-likeness (QED) is 0.148. The molecule has 0 aliphatic carbocycles. The lowest BCUT2D eigenvalue weighted by Gasteiger charge is -2.23. The summed E-state index contributed by atoms with van der Waals surface area (Å²) in [6, 6.07) is 26.4. The van der Waals surface area contributed by atoms with Crippen molar-refractivity contribution in [3.05, 3.63) is 97.3 Å². The molecule has 5 nitrogen and oxygen atoms in total. The third-order valence-corrected chi connectivity index (χ3v) is 5.02. The maximum Gasteiger partial charge on any atom is 0.130 e. The van der Waals surface area contributed by atoms with Crippen LogP contribution >= 0.6 is 0 Å². The molecule has 0 N–H and O–H groups in total. The van der Waals surface area contributed by atoms with Crippen LogP contribution in [0.15, 0.2) is 96.8 Å². The Bertz CT molecular complexity index is 947. The molecule has 0 heterocycles. The van der Waals surface area contributed by atoms with E-state index in [2.05, 4.69) is 43.5 Å². The van der Waals surface area contributed by atoms with Crippen molar-refractivity contribution in [2.24, 2.45) is 5.10 Å². The molecule has 0 unspecified atom stereocenters. The minimum absolute atomic E-state index is 0.426. The van der Waals surface area contributed by atoms with E-state index < -0.39 is 0 Å². The molecule has 3 aromatic rings. The summed E-state index contributed by atoms with van der Waals surface area (Å²) in [5, 5.41) is 6.74. The van der Waals surface area contributed by atoms with Crippen molar-refractivity contribution in [1.82, 2.24) is 0 Å². The van der Waals surface area contributed by atoms with Crippen LogP contribution in [0.4, 0.5) is 17.1 Å². The second-order valence-corrected chi connectivity index (χ2v) is 7.01. The summed E-state index contributed by atoms with van der Waals surface area (Å²) in [5.74, 6) is 0.770. The molecule has 32 heavy (non-hydrogen) atoms. The summed E-state index contributed by atoms with van der Waals surface area (Å²) in [6.07, 6.45) is 3.27. The van der Waals surface area contributed by atoms with Crippen molar-refractivity contribution in [2.45, 2.75) is 13.8 Å². The number of hydrazone groups is 1. The Morgan fingerprint density at radius 1 is 0.812 bits per heavy atom. The monoisotopic (exact) mass is 429 g/mol. The van der Waals surface area contributed by atoms with Gasteiger partial charge in [0.25, 0.3) is 0 Å². The van der Waals surface area contributed by atoms with Gasteiger partial charge in [0, 0.05) is 30.4 Å². The number of ether oxygens (including phenoxy) is 2. The molecule has 0 atom stereocenters. The molecule has 166 valence electrons. The summed E-state index contributed by atoms with van der Waals surface area (Å²) in [5.41, 5.74) is 3.99. The van der Waals surface area contributed by atoms with Gasteiger partial charge in [0.05, 0.1) is 23.9 Å². The fourth-order valence-corrected chi connectivity index (χ4v) is 3.36. The highest BCUT2D eigenvalue weighted by atomic mass is 16.5. The van der Waals surface area contributed by atoms with E-state index in [4.69, 9.17) is 14.6 Å². The fourth-order valence-electron chi connectivity index (χ4n) is 3.36. The molecular formula is C27H31N3O2. The van der Waals surface area contributed by atoms with E-state index in [1.165, 1.54) is 6.26 Å². The van der Waals surface area contributed by atoms with Crippen molar-refractivity contribution in [1.29, 1.82) is 0 Å². The van der Waals surface area contributed by atoms with Crippen LogP contribution in [0.25, 0.3) is 0 Å². The van der Waals surface area contributed by atoms with Crippen LogP contribution in [0.1, 0.15) is 19.4 Å². The normalized spacial score (nSPS) is 10.7. The van der Waals surface area contributed by atoms with E-state index in [1.54, 1.807) is 0 Å². The van der Waals surface area contributed by atoms with Crippen molar-refractivity contribution in [2.75, 3.05) is 36.2 Å². The van der Waals surface area contributed by atoms with E-state index in [0.29, 0.717) is 13.2 Å². The summed E-state index contributed by atoms with van der Waals surface area (Å²) in [7, 11) is 0. The van der Waals surface area contributed by atoms with Gasteiger partial charge in [-0.3, -0.25) is 0 Å². The van der Waals surface area contributed by atoms with E-state index in [0.717, 1.165) is 41.5 Å². The van der Waals surface area contributed by atoms with E-state index in [-0.39, 0.29) is 0 Å². The van der Waals surface area contributed by atoms with Crippen LogP contribution in [-0.4, -0.2) is 32.5 Å². The highest BCUT2D eigenvalue weighted by Crippen LogP contribution is 2.28. The molecule has 0 bridgehead atoms. The van der Waals surface area contributed by atoms with Crippen molar-refractivity contribution in [3.8, 4) is 5.75 Å². The van der Waals surface area contributed by atoms with Crippen molar-refractivity contribution in [3.63, 3.8) is 0 Å². The predicted molar refractivity (Wildman–Crippen MR) is 134 cm³/mol. The molecule has 0 fully saturated rings. The van der Waals surface area contributed by atoms with E-state index in [9.17, 15) is 0 Å². The average Bonchev–Trinajstić information content (AvgIpc) is 2.85. The fraction of sp³-hybridized carbons (Fsp3) is 0.222. The molecule has 0 spiro atoms. The molecule has 3 aromatic carbocycles. The SMILES string of the molecule is C=COCCOc1cc(N(CC)CC)ccc1C=NN(c1ccccc1)c1ccccc1.